The van der Waals surface area contributed by atoms with Crippen LogP contribution in [-0.4, -0.2) is 21.0 Å². The second kappa shape index (κ2) is 4.47. The zero-order valence-corrected chi connectivity index (χ0v) is 10.8. The van der Waals surface area contributed by atoms with Gasteiger partial charge in [-0.25, -0.2) is 0 Å². The molecule has 0 radical (unpaired) electrons. The molecule has 1 unspecified atom stereocenters. The molecule has 1 heterocycles. The van der Waals surface area contributed by atoms with Gasteiger partial charge in [-0.3, -0.25) is 0 Å². The first-order valence-corrected chi connectivity index (χ1v) is 6.22. The van der Waals surface area contributed by atoms with E-state index in [0.717, 1.165) is 6.42 Å². The van der Waals surface area contributed by atoms with Gasteiger partial charge in [0.2, 0.25) is 11.9 Å². The molecule has 17 heavy (non-hydrogen) atoms. The van der Waals surface area contributed by atoms with E-state index in [0.29, 0.717) is 17.8 Å². The maximum Gasteiger partial charge on any atom is 0.227 e. The van der Waals surface area contributed by atoms with Crippen molar-refractivity contribution in [3.8, 4) is 0 Å². The van der Waals surface area contributed by atoms with Crippen LogP contribution in [0.4, 0.5) is 11.9 Å². The summed E-state index contributed by atoms with van der Waals surface area (Å²) in [6.45, 7) is 6.41. The van der Waals surface area contributed by atoms with Crippen LogP contribution in [0.3, 0.4) is 0 Å². The van der Waals surface area contributed by atoms with Crippen LogP contribution in [-0.2, 0) is 0 Å². The van der Waals surface area contributed by atoms with E-state index in [1.165, 1.54) is 19.3 Å². The molecule has 2 rings (SSSR count). The molecule has 1 aromatic heterocycles. The molecule has 1 aliphatic carbocycles. The lowest BCUT2D eigenvalue weighted by Crippen LogP contribution is -2.39. The van der Waals surface area contributed by atoms with Gasteiger partial charge in [0.25, 0.3) is 0 Å². The van der Waals surface area contributed by atoms with Crippen LogP contribution in [0.15, 0.2) is 0 Å². The molecule has 0 aromatic carbocycles. The van der Waals surface area contributed by atoms with Crippen molar-refractivity contribution in [2.24, 2.45) is 5.41 Å². The van der Waals surface area contributed by atoms with Crippen molar-refractivity contribution >= 4 is 11.9 Å². The third-order valence-electron chi connectivity index (χ3n) is 3.58. The number of nitrogen functional groups attached to an aromatic ring is 1. The predicted octanol–water partition coefficient (Wildman–Crippen LogP) is 2.14. The second-order valence-electron chi connectivity index (χ2n) is 5.50. The van der Waals surface area contributed by atoms with Crippen molar-refractivity contribution in [2.75, 3.05) is 11.1 Å². The summed E-state index contributed by atoms with van der Waals surface area (Å²) in [5, 5.41) is 3.41. The predicted molar refractivity (Wildman–Crippen MR) is 68.6 cm³/mol. The molecule has 0 bridgehead atoms. The fourth-order valence-corrected chi connectivity index (χ4v) is 2.48. The molecule has 5 heteroatoms. The highest BCUT2D eigenvalue weighted by Gasteiger charge is 2.32. The summed E-state index contributed by atoms with van der Waals surface area (Å²) in [5.41, 5.74) is 5.92. The average molecular weight is 235 g/mol. The Bertz CT molecular complexity index is 382. The molecule has 94 valence electrons. The van der Waals surface area contributed by atoms with E-state index < -0.39 is 0 Å². The molecule has 0 spiro atoms. The maximum absolute atomic E-state index is 5.63. The van der Waals surface area contributed by atoms with Gasteiger partial charge < -0.3 is 11.1 Å². The van der Waals surface area contributed by atoms with Crippen LogP contribution in [0.5, 0.6) is 0 Å². The number of nitrogens with zero attached hydrogens (tertiary/aromatic N) is 3. The number of rotatable bonds is 2. The van der Waals surface area contributed by atoms with Crippen molar-refractivity contribution in [1.29, 1.82) is 0 Å². The van der Waals surface area contributed by atoms with Gasteiger partial charge >= 0.3 is 0 Å². The van der Waals surface area contributed by atoms with Crippen molar-refractivity contribution in [3.63, 3.8) is 0 Å². The van der Waals surface area contributed by atoms with Gasteiger partial charge in [0.05, 0.1) is 0 Å². The first kappa shape index (κ1) is 12.1. The Kier molecular flexibility index (Phi) is 3.17. The minimum atomic E-state index is 0.285. The largest absolute Gasteiger partial charge is 0.368 e. The lowest BCUT2D eigenvalue weighted by Gasteiger charge is -2.39. The number of hydrogen-bond donors (Lipinski definition) is 2. The van der Waals surface area contributed by atoms with Gasteiger partial charge in [-0.05, 0) is 25.2 Å². The number of aromatic nitrogens is 3. The first-order valence-electron chi connectivity index (χ1n) is 6.22. The third kappa shape index (κ3) is 2.84. The van der Waals surface area contributed by atoms with E-state index >= 15 is 0 Å². The van der Waals surface area contributed by atoms with E-state index in [-0.39, 0.29) is 11.4 Å². The molecule has 3 N–H and O–H groups in total. The van der Waals surface area contributed by atoms with Gasteiger partial charge in [0.1, 0.15) is 5.82 Å². The SMILES string of the molecule is Cc1nc(N)nc(NC2CCCCC2(C)C)n1. The van der Waals surface area contributed by atoms with Gasteiger partial charge in [-0.1, -0.05) is 26.7 Å². The van der Waals surface area contributed by atoms with Crippen LogP contribution in [0, 0.1) is 12.3 Å². The number of nitrogens with one attached hydrogen (secondary N) is 1. The topological polar surface area (TPSA) is 76.7 Å². The lowest BCUT2D eigenvalue weighted by molar-refractivity contribution is 0.216. The Labute approximate surface area is 102 Å². The first-order chi connectivity index (χ1) is 7.97. The van der Waals surface area contributed by atoms with Crippen molar-refractivity contribution in [1.82, 2.24) is 15.0 Å². The molecule has 1 atom stereocenters. The van der Waals surface area contributed by atoms with Gasteiger partial charge in [-0.15, -0.1) is 0 Å². The van der Waals surface area contributed by atoms with E-state index in [1.54, 1.807) is 0 Å². The van der Waals surface area contributed by atoms with E-state index in [1.807, 2.05) is 6.92 Å². The van der Waals surface area contributed by atoms with Crippen LogP contribution < -0.4 is 11.1 Å². The van der Waals surface area contributed by atoms with Crippen LogP contribution in [0.2, 0.25) is 0 Å². The number of aryl methyl sites for hydroxylation is 1. The average Bonchev–Trinajstić information content (AvgIpc) is 2.19. The summed E-state index contributed by atoms with van der Waals surface area (Å²) in [6, 6.07) is 0.414. The fourth-order valence-electron chi connectivity index (χ4n) is 2.48. The molecule has 5 nitrogen and oxygen atoms in total. The minimum absolute atomic E-state index is 0.285. The van der Waals surface area contributed by atoms with Crippen molar-refractivity contribution < 1.29 is 0 Å². The molecule has 1 aliphatic rings. The summed E-state index contributed by atoms with van der Waals surface area (Å²) < 4.78 is 0. The Hall–Kier alpha value is -1.39. The highest BCUT2D eigenvalue weighted by Crippen LogP contribution is 2.36. The van der Waals surface area contributed by atoms with E-state index in [4.69, 9.17) is 5.73 Å². The third-order valence-corrected chi connectivity index (χ3v) is 3.58. The Morgan fingerprint density at radius 2 is 2.00 bits per heavy atom. The molecular formula is C12H21N5. The smallest absolute Gasteiger partial charge is 0.227 e. The standard InChI is InChI=1S/C12H21N5/c1-8-14-10(13)17-11(15-8)16-9-6-4-5-7-12(9,2)3/h9H,4-7H2,1-3H3,(H3,13,14,15,16,17). The molecule has 1 fully saturated rings. The fraction of sp³-hybridized carbons (Fsp3) is 0.750. The molecule has 0 saturated heterocycles. The maximum atomic E-state index is 5.63. The summed E-state index contributed by atoms with van der Waals surface area (Å²) in [7, 11) is 0. The lowest BCUT2D eigenvalue weighted by atomic mass is 9.73. The molecular weight excluding hydrogens is 214 g/mol. The summed E-state index contributed by atoms with van der Waals surface area (Å²) >= 11 is 0. The van der Waals surface area contributed by atoms with Gasteiger partial charge in [0.15, 0.2) is 0 Å². The second-order valence-corrected chi connectivity index (χ2v) is 5.50. The molecule has 0 amide bonds. The van der Waals surface area contributed by atoms with E-state index in [2.05, 4.69) is 34.1 Å². The zero-order valence-electron chi connectivity index (χ0n) is 10.8. The molecule has 0 aliphatic heterocycles. The highest BCUT2D eigenvalue weighted by molar-refractivity contribution is 5.32. The molecule has 1 aromatic rings. The number of anilines is 2. The minimum Gasteiger partial charge on any atom is -0.368 e. The summed E-state index contributed by atoms with van der Waals surface area (Å²) in [5.74, 6) is 1.55. The quantitative estimate of drug-likeness (QED) is 0.821. The zero-order chi connectivity index (χ0) is 12.5. The monoisotopic (exact) mass is 235 g/mol. The Morgan fingerprint density at radius 3 is 2.65 bits per heavy atom. The molecule has 1 saturated carbocycles. The van der Waals surface area contributed by atoms with Crippen LogP contribution >= 0.6 is 0 Å². The van der Waals surface area contributed by atoms with E-state index in [9.17, 15) is 0 Å². The Morgan fingerprint density at radius 1 is 1.24 bits per heavy atom. The van der Waals surface area contributed by atoms with Gasteiger partial charge in [0, 0.05) is 6.04 Å². The highest BCUT2D eigenvalue weighted by atomic mass is 15.2. The number of nitrogens with two attached hydrogens (primary N) is 1. The van der Waals surface area contributed by atoms with Crippen molar-refractivity contribution in [2.45, 2.75) is 52.5 Å². The normalized spacial score (nSPS) is 23.4. The Balaban J connectivity index is 2.14. The van der Waals surface area contributed by atoms with Crippen LogP contribution in [0.1, 0.15) is 45.4 Å². The number of hydrogen-bond acceptors (Lipinski definition) is 5. The summed E-state index contributed by atoms with van der Waals surface area (Å²) in [4.78, 5) is 12.4. The van der Waals surface area contributed by atoms with Crippen molar-refractivity contribution in [3.05, 3.63) is 5.82 Å². The van der Waals surface area contributed by atoms with Gasteiger partial charge in [-0.2, -0.15) is 15.0 Å². The van der Waals surface area contributed by atoms with Crippen LogP contribution in [0.25, 0.3) is 0 Å². The summed E-state index contributed by atoms with van der Waals surface area (Å²) in [6.07, 6.45) is 4.98.